The van der Waals surface area contributed by atoms with E-state index in [2.05, 4.69) is 10.6 Å². The van der Waals surface area contributed by atoms with Crippen LogP contribution in [0.15, 0.2) is 24.3 Å². The van der Waals surface area contributed by atoms with Crippen molar-refractivity contribution in [2.45, 2.75) is 6.92 Å². The highest BCUT2D eigenvalue weighted by molar-refractivity contribution is 6.18. The summed E-state index contributed by atoms with van der Waals surface area (Å²) in [7, 11) is 0. The van der Waals surface area contributed by atoms with E-state index in [1.807, 2.05) is 31.2 Å². The third-order valence-corrected chi connectivity index (χ3v) is 1.88. The average molecular weight is 213 g/mol. The van der Waals surface area contributed by atoms with Crippen molar-refractivity contribution in [1.82, 2.24) is 5.32 Å². The minimum absolute atomic E-state index is 0.227. The first-order chi connectivity index (χ1) is 6.72. The largest absolute Gasteiger partial charge is 0.337 e. The fraction of sp³-hybridized carbons (Fsp3) is 0.300. The molecule has 0 fully saturated rings. The number of anilines is 1. The minimum atomic E-state index is -0.227. The zero-order chi connectivity index (χ0) is 10.4. The minimum Gasteiger partial charge on any atom is -0.337 e. The van der Waals surface area contributed by atoms with Gasteiger partial charge in [-0.3, -0.25) is 0 Å². The van der Waals surface area contributed by atoms with Gasteiger partial charge in [-0.1, -0.05) is 17.7 Å². The number of carbonyl (C=O) groups is 1. The van der Waals surface area contributed by atoms with Gasteiger partial charge in [-0.25, -0.2) is 4.79 Å². The van der Waals surface area contributed by atoms with Gasteiger partial charge in [0.05, 0.1) is 0 Å². The first-order valence-corrected chi connectivity index (χ1v) is 4.93. The zero-order valence-electron chi connectivity index (χ0n) is 8.01. The van der Waals surface area contributed by atoms with Gasteiger partial charge in [-0.15, -0.1) is 11.6 Å². The van der Waals surface area contributed by atoms with Gasteiger partial charge in [0.1, 0.15) is 0 Å². The van der Waals surface area contributed by atoms with Crippen molar-refractivity contribution in [3.8, 4) is 0 Å². The molecular weight excluding hydrogens is 200 g/mol. The molecule has 2 amide bonds. The van der Waals surface area contributed by atoms with Gasteiger partial charge in [0, 0.05) is 18.1 Å². The van der Waals surface area contributed by atoms with E-state index in [0.29, 0.717) is 12.4 Å². The third-order valence-electron chi connectivity index (χ3n) is 1.69. The number of benzene rings is 1. The van der Waals surface area contributed by atoms with Crippen LogP contribution in [-0.4, -0.2) is 18.5 Å². The quantitative estimate of drug-likeness (QED) is 0.742. The smallest absolute Gasteiger partial charge is 0.319 e. The number of halogens is 1. The number of alkyl halides is 1. The van der Waals surface area contributed by atoms with E-state index in [4.69, 9.17) is 11.6 Å². The molecular formula is C10H13ClN2O. The number of amides is 2. The van der Waals surface area contributed by atoms with Crippen LogP contribution in [0.25, 0.3) is 0 Å². The average Bonchev–Trinajstić information content (AvgIpc) is 2.18. The van der Waals surface area contributed by atoms with Crippen LogP contribution < -0.4 is 10.6 Å². The Morgan fingerprint density at radius 3 is 2.57 bits per heavy atom. The molecule has 0 spiro atoms. The van der Waals surface area contributed by atoms with Gasteiger partial charge in [0.15, 0.2) is 0 Å². The van der Waals surface area contributed by atoms with Crippen molar-refractivity contribution >= 4 is 23.3 Å². The lowest BCUT2D eigenvalue weighted by Crippen LogP contribution is -2.30. The highest BCUT2D eigenvalue weighted by Crippen LogP contribution is 2.07. The van der Waals surface area contributed by atoms with E-state index in [-0.39, 0.29) is 6.03 Å². The van der Waals surface area contributed by atoms with Crippen LogP contribution in [0.3, 0.4) is 0 Å². The predicted octanol–water partition coefficient (Wildman–Crippen LogP) is 2.36. The number of nitrogens with one attached hydrogen (secondary N) is 2. The molecule has 2 N–H and O–H groups in total. The highest BCUT2D eigenvalue weighted by atomic mass is 35.5. The first kappa shape index (κ1) is 10.9. The van der Waals surface area contributed by atoms with Crippen molar-refractivity contribution < 1.29 is 4.79 Å². The molecule has 0 saturated carbocycles. The summed E-state index contributed by atoms with van der Waals surface area (Å²) in [5.41, 5.74) is 1.94. The first-order valence-electron chi connectivity index (χ1n) is 4.40. The second-order valence-electron chi connectivity index (χ2n) is 2.94. The van der Waals surface area contributed by atoms with Crippen LogP contribution in [0, 0.1) is 6.92 Å². The Morgan fingerprint density at radius 2 is 2.00 bits per heavy atom. The SMILES string of the molecule is Cc1ccc(NC(=O)NCCCl)cc1. The van der Waals surface area contributed by atoms with Gasteiger partial charge >= 0.3 is 6.03 Å². The van der Waals surface area contributed by atoms with Gasteiger partial charge in [-0.05, 0) is 19.1 Å². The fourth-order valence-electron chi connectivity index (χ4n) is 0.973. The molecule has 0 atom stereocenters. The summed E-state index contributed by atoms with van der Waals surface area (Å²) in [5, 5.41) is 5.31. The zero-order valence-corrected chi connectivity index (χ0v) is 8.77. The molecule has 0 radical (unpaired) electrons. The maximum atomic E-state index is 11.2. The van der Waals surface area contributed by atoms with E-state index in [1.165, 1.54) is 0 Å². The van der Waals surface area contributed by atoms with Gasteiger partial charge in [-0.2, -0.15) is 0 Å². The summed E-state index contributed by atoms with van der Waals surface area (Å²) in [6, 6.07) is 7.37. The van der Waals surface area contributed by atoms with E-state index < -0.39 is 0 Å². The maximum Gasteiger partial charge on any atom is 0.319 e. The van der Waals surface area contributed by atoms with Crippen LogP contribution in [0.2, 0.25) is 0 Å². The lowest BCUT2D eigenvalue weighted by Gasteiger charge is -2.05. The Labute approximate surface area is 88.5 Å². The monoisotopic (exact) mass is 212 g/mol. The Morgan fingerprint density at radius 1 is 1.36 bits per heavy atom. The molecule has 0 heterocycles. The molecule has 0 aliphatic heterocycles. The summed E-state index contributed by atoms with van der Waals surface area (Å²) < 4.78 is 0. The molecule has 1 aromatic rings. The van der Waals surface area contributed by atoms with E-state index >= 15 is 0 Å². The number of urea groups is 1. The molecule has 0 bridgehead atoms. The number of aryl methyl sites for hydroxylation is 1. The molecule has 0 aliphatic rings. The molecule has 14 heavy (non-hydrogen) atoms. The second kappa shape index (κ2) is 5.50. The van der Waals surface area contributed by atoms with Crippen molar-refractivity contribution in [2.24, 2.45) is 0 Å². The molecule has 0 saturated heterocycles. The standard InChI is InChI=1S/C10H13ClN2O/c1-8-2-4-9(5-3-8)13-10(14)12-7-6-11/h2-5H,6-7H2,1H3,(H2,12,13,14). The third kappa shape index (κ3) is 3.66. The van der Waals surface area contributed by atoms with E-state index in [0.717, 1.165) is 11.3 Å². The number of hydrogen-bond acceptors (Lipinski definition) is 1. The summed E-state index contributed by atoms with van der Waals surface area (Å²) in [6.45, 7) is 2.47. The normalized spacial score (nSPS) is 9.57. The van der Waals surface area contributed by atoms with Crippen LogP contribution in [0.5, 0.6) is 0 Å². The van der Waals surface area contributed by atoms with E-state index in [1.54, 1.807) is 0 Å². The van der Waals surface area contributed by atoms with Crippen LogP contribution in [0.4, 0.5) is 10.5 Å². The molecule has 76 valence electrons. The number of carbonyl (C=O) groups excluding carboxylic acids is 1. The molecule has 0 unspecified atom stereocenters. The molecule has 0 aliphatic carbocycles. The number of rotatable bonds is 3. The Balaban J connectivity index is 2.44. The Bertz CT molecular complexity index is 297. The number of hydrogen-bond donors (Lipinski definition) is 2. The Hall–Kier alpha value is -1.22. The molecule has 1 aromatic carbocycles. The maximum absolute atomic E-state index is 11.2. The van der Waals surface area contributed by atoms with Crippen molar-refractivity contribution in [2.75, 3.05) is 17.7 Å². The summed E-state index contributed by atoms with van der Waals surface area (Å²) >= 11 is 5.43. The van der Waals surface area contributed by atoms with Crippen molar-refractivity contribution in [3.05, 3.63) is 29.8 Å². The molecule has 3 nitrogen and oxygen atoms in total. The lowest BCUT2D eigenvalue weighted by atomic mass is 10.2. The second-order valence-corrected chi connectivity index (χ2v) is 3.31. The molecule has 0 aromatic heterocycles. The topological polar surface area (TPSA) is 41.1 Å². The van der Waals surface area contributed by atoms with Gasteiger partial charge < -0.3 is 10.6 Å². The molecule has 4 heteroatoms. The van der Waals surface area contributed by atoms with E-state index in [9.17, 15) is 4.79 Å². The lowest BCUT2D eigenvalue weighted by molar-refractivity contribution is 0.252. The van der Waals surface area contributed by atoms with Gasteiger partial charge in [0.25, 0.3) is 0 Å². The fourth-order valence-corrected chi connectivity index (χ4v) is 1.07. The summed E-state index contributed by atoms with van der Waals surface area (Å²) in [5.74, 6) is 0.418. The van der Waals surface area contributed by atoms with Crippen LogP contribution in [0.1, 0.15) is 5.56 Å². The Kier molecular flexibility index (Phi) is 4.26. The molecule has 1 rings (SSSR count). The van der Waals surface area contributed by atoms with Crippen LogP contribution >= 0.6 is 11.6 Å². The van der Waals surface area contributed by atoms with Crippen molar-refractivity contribution in [3.63, 3.8) is 0 Å². The summed E-state index contributed by atoms with van der Waals surface area (Å²) in [6.07, 6.45) is 0. The van der Waals surface area contributed by atoms with Gasteiger partial charge in [0.2, 0.25) is 0 Å². The summed E-state index contributed by atoms with van der Waals surface area (Å²) in [4.78, 5) is 11.2. The van der Waals surface area contributed by atoms with Crippen molar-refractivity contribution in [1.29, 1.82) is 0 Å². The predicted molar refractivity (Wildman–Crippen MR) is 58.9 cm³/mol. The highest BCUT2D eigenvalue weighted by Gasteiger charge is 1.98. The van der Waals surface area contributed by atoms with Crippen LogP contribution in [-0.2, 0) is 0 Å².